The van der Waals surface area contributed by atoms with Crippen molar-refractivity contribution < 1.29 is 0 Å². The fourth-order valence-corrected chi connectivity index (χ4v) is 4.07. The molecule has 4 rings (SSSR count). The van der Waals surface area contributed by atoms with Crippen LogP contribution in [0.5, 0.6) is 0 Å². The average molecular weight is 365 g/mol. The molecule has 0 N–H and O–H groups in total. The van der Waals surface area contributed by atoms with Crippen molar-refractivity contribution in [3.63, 3.8) is 0 Å². The van der Waals surface area contributed by atoms with Gasteiger partial charge in [-0.15, -0.1) is 0 Å². The predicted octanol–water partition coefficient (Wildman–Crippen LogP) is 5.64. The molecule has 0 bridgehead atoms. The first-order valence-corrected chi connectivity index (χ1v) is 9.74. The van der Waals surface area contributed by atoms with Crippen LogP contribution in [-0.4, -0.2) is 9.97 Å². The molecule has 3 nitrogen and oxygen atoms in total. The maximum atomic E-state index is 9.30. The van der Waals surface area contributed by atoms with Gasteiger partial charge in [0.15, 0.2) is 0 Å². The highest BCUT2D eigenvalue weighted by atomic mass is 14.7. The quantitative estimate of drug-likeness (QED) is 0.603. The van der Waals surface area contributed by atoms with Crippen LogP contribution in [0.1, 0.15) is 42.1 Å². The zero-order valence-electron chi connectivity index (χ0n) is 16.2. The third kappa shape index (κ3) is 3.46. The van der Waals surface area contributed by atoms with Gasteiger partial charge in [0.1, 0.15) is 0 Å². The predicted molar refractivity (Wildman–Crippen MR) is 112 cm³/mol. The van der Waals surface area contributed by atoms with Crippen molar-refractivity contribution in [1.82, 2.24) is 9.97 Å². The minimum Gasteiger partial charge on any atom is -0.264 e. The van der Waals surface area contributed by atoms with E-state index >= 15 is 0 Å². The molecule has 0 saturated carbocycles. The molecule has 0 radical (unpaired) electrons. The van der Waals surface area contributed by atoms with Crippen LogP contribution in [0.2, 0.25) is 0 Å². The Hall–Kier alpha value is -3.25. The van der Waals surface area contributed by atoms with Crippen LogP contribution in [0.3, 0.4) is 0 Å². The third-order valence-electron chi connectivity index (χ3n) is 5.93. The van der Waals surface area contributed by atoms with E-state index in [0.29, 0.717) is 23.3 Å². The first kappa shape index (κ1) is 18.1. The largest absolute Gasteiger partial charge is 0.264 e. The third-order valence-corrected chi connectivity index (χ3v) is 5.93. The molecule has 3 aromatic rings. The zero-order chi connectivity index (χ0) is 19.5. The number of nitrogens with zero attached hydrogens (tertiary/aromatic N) is 3. The molecule has 0 saturated heterocycles. The van der Waals surface area contributed by atoms with Gasteiger partial charge in [-0.2, -0.15) is 5.26 Å². The van der Waals surface area contributed by atoms with Crippen molar-refractivity contribution >= 4 is 6.08 Å². The molecular weight excluding hydrogens is 342 g/mol. The summed E-state index contributed by atoms with van der Waals surface area (Å²) in [7, 11) is 0. The standard InChI is InChI=1S/C25H23N3/c1-17-13-19-11-12-27-16-25(19)23(18(17)2)10-9-22-8-7-21(15-28-22)24-6-4-3-5-20(24)14-26/h3-12,15-18,23H,13H2,1-2H3/b10-9+. The Balaban J connectivity index is 1.60. The lowest BCUT2D eigenvalue weighted by Crippen LogP contribution is -2.25. The van der Waals surface area contributed by atoms with E-state index < -0.39 is 0 Å². The van der Waals surface area contributed by atoms with Crippen LogP contribution in [0.4, 0.5) is 0 Å². The number of nitriles is 1. The number of pyridine rings is 2. The monoisotopic (exact) mass is 365 g/mol. The number of aromatic nitrogens is 2. The van der Waals surface area contributed by atoms with E-state index in [-0.39, 0.29) is 0 Å². The van der Waals surface area contributed by atoms with Crippen LogP contribution in [0.25, 0.3) is 17.2 Å². The van der Waals surface area contributed by atoms with Gasteiger partial charge < -0.3 is 0 Å². The molecule has 1 aliphatic carbocycles. The van der Waals surface area contributed by atoms with E-state index in [4.69, 9.17) is 0 Å². The molecule has 0 spiro atoms. The SMILES string of the molecule is CC1Cc2ccncc2C(/C=C/c2ccc(-c3ccccc3C#N)cn2)C1C. The van der Waals surface area contributed by atoms with Crippen molar-refractivity contribution in [2.24, 2.45) is 11.8 Å². The van der Waals surface area contributed by atoms with Crippen molar-refractivity contribution in [2.75, 3.05) is 0 Å². The number of allylic oxidation sites excluding steroid dienone is 1. The molecule has 0 amide bonds. The van der Waals surface area contributed by atoms with Crippen molar-refractivity contribution in [1.29, 1.82) is 5.26 Å². The Morgan fingerprint density at radius 3 is 2.71 bits per heavy atom. The molecule has 0 fully saturated rings. The average Bonchev–Trinajstić information content (AvgIpc) is 2.74. The van der Waals surface area contributed by atoms with Gasteiger partial charge in [-0.1, -0.05) is 44.2 Å². The minimum atomic E-state index is 0.355. The van der Waals surface area contributed by atoms with E-state index in [0.717, 1.165) is 23.2 Å². The molecule has 138 valence electrons. The summed E-state index contributed by atoms with van der Waals surface area (Å²) in [5, 5.41) is 9.30. The van der Waals surface area contributed by atoms with Crippen LogP contribution >= 0.6 is 0 Å². The summed E-state index contributed by atoms with van der Waals surface area (Å²) in [6, 6.07) is 16.1. The van der Waals surface area contributed by atoms with Crippen molar-refractivity contribution in [3.8, 4) is 17.2 Å². The summed E-state index contributed by atoms with van der Waals surface area (Å²) in [5.74, 6) is 1.56. The van der Waals surface area contributed by atoms with Gasteiger partial charge >= 0.3 is 0 Å². The Labute approximate surface area is 166 Å². The van der Waals surface area contributed by atoms with Crippen molar-refractivity contribution in [3.05, 3.63) is 89.5 Å². The summed E-state index contributed by atoms with van der Waals surface area (Å²) in [6.45, 7) is 4.65. The number of hydrogen-bond donors (Lipinski definition) is 0. The molecule has 1 aliphatic rings. The first-order chi connectivity index (χ1) is 13.7. The fraction of sp³-hybridized carbons (Fsp3) is 0.240. The Bertz CT molecular complexity index is 1040. The fourth-order valence-electron chi connectivity index (χ4n) is 4.07. The summed E-state index contributed by atoms with van der Waals surface area (Å²) in [6.07, 6.45) is 11.2. The van der Waals surface area contributed by atoms with E-state index in [2.05, 4.69) is 48.1 Å². The second-order valence-corrected chi connectivity index (χ2v) is 7.63. The number of hydrogen-bond acceptors (Lipinski definition) is 3. The molecule has 28 heavy (non-hydrogen) atoms. The van der Waals surface area contributed by atoms with E-state index in [9.17, 15) is 5.26 Å². The van der Waals surface area contributed by atoms with Gasteiger partial charge in [0.2, 0.25) is 0 Å². The second kappa shape index (κ2) is 7.78. The van der Waals surface area contributed by atoms with Crippen LogP contribution in [0.15, 0.2) is 67.1 Å². The summed E-state index contributed by atoms with van der Waals surface area (Å²) in [5.41, 5.74) is 6.22. The first-order valence-electron chi connectivity index (χ1n) is 9.74. The molecule has 2 heterocycles. The second-order valence-electron chi connectivity index (χ2n) is 7.63. The van der Waals surface area contributed by atoms with Crippen LogP contribution in [0, 0.1) is 23.2 Å². The van der Waals surface area contributed by atoms with E-state index in [1.54, 1.807) is 0 Å². The maximum Gasteiger partial charge on any atom is 0.0998 e. The van der Waals surface area contributed by atoms with Crippen LogP contribution in [-0.2, 0) is 6.42 Å². The summed E-state index contributed by atoms with van der Waals surface area (Å²) in [4.78, 5) is 8.95. The van der Waals surface area contributed by atoms with Crippen molar-refractivity contribution in [2.45, 2.75) is 26.2 Å². The van der Waals surface area contributed by atoms with Gasteiger partial charge in [-0.05, 0) is 53.7 Å². The molecule has 3 unspecified atom stereocenters. The van der Waals surface area contributed by atoms with Gasteiger partial charge in [0, 0.05) is 35.6 Å². The van der Waals surface area contributed by atoms with Crippen LogP contribution < -0.4 is 0 Å². The smallest absolute Gasteiger partial charge is 0.0998 e. The topological polar surface area (TPSA) is 49.6 Å². The van der Waals surface area contributed by atoms with Gasteiger partial charge in [-0.3, -0.25) is 9.97 Å². The highest BCUT2D eigenvalue weighted by Crippen LogP contribution is 2.40. The molecule has 2 aromatic heterocycles. The molecule has 0 aliphatic heterocycles. The zero-order valence-corrected chi connectivity index (χ0v) is 16.2. The van der Waals surface area contributed by atoms with E-state index in [1.165, 1.54) is 11.1 Å². The Kier molecular flexibility index (Phi) is 5.04. The molecule has 3 heteroatoms. The number of benzene rings is 1. The molecule has 3 atom stereocenters. The minimum absolute atomic E-state index is 0.355. The normalized spacial score (nSPS) is 21.2. The van der Waals surface area contributed by atoms with Gasteiger partial charge in [-0.25, -0.2) is 0 Å². The lowest BCUT2D eigenvalue weighted by Gasteiger charge is -2.34. The maximum absolute atomic E-state index is 9.30. The lowest BCUT2D eigenvalue weighted by atomic mass is 9.71. The van der Waals surface area contributed by atoms with E-state index in [1.807, 2.05) is 55.0 Å². The number of rotatable bonds is 3. The Morgan fingerprint density at radius 2 is 1.93 bits per heavy atom. The summed E-state index contributed by atoms with van der Waals surface area (Å²) < 4.78 is 0. The lowest BCUT2D eigenvalue weighted by molar-refractivity contribution is 0.331. The summed E-state index contributed by atoms with van der Waals surface area (Å²) >= 11 is 0. The Morgan fingerprint density at radius 1 is 1.07 bits per heavy atom. The number of fused-ring (bicyclic) bond motifs is 1. The molecular formula is C25H23N3. The van der Waals surface area contributed by atoms with Gasteiger partial charge in [0.05, 0.1) is 17.3 Å². The molecule has 1 aromatic carbocycles. The highest BCUT2D eigenvalue weighted by molar-refractivity contribution is 5.70. The highest BCUT2D eigenvalue weighted by Gasteiger charge is 2.29. The van der Waals surface area contributed by atoms with Gasteiger partial charge in [0.25, 0.3) is 0 Å².